The molecule has 2 N–H and O–H groups in total. The third-order valence-electron chi connectivity index (χ3n) is 3.59. The van der Waals surface area contributed by atoms with Crippen molar-refractivity contribution in [2.24, 2.45) is 5.92 Å². The number of amides is 1. The van der Waals surface area contributed by atoms with Gasteiger partial charge in [0.25, 0.3) is 5.91 Å². The molecular formula is C14H16ClFN2O3. The van der Waals surface area contributed by atoms with Crippen LogP contribution in [-0.4, -0.2) is 41.6 Å². The summed E-state index contributed by atoms with van der Waals surface area (Å²) in [7, 11) is 0. The van der Waals surface area contributed by atoms with Crippen LogP contribution in [0.1, 0.15) is 23.2 Å². The highest BCUT2D eigenvalue weighted by Gasteiger charge is 2.24. The number of rotatable bonds is 4. The molecule has 1 saturated heterocycles. The number of aliphatic carboxylic acids is 1. The van der Waals surface area contributed by atoms with Crippen molar-refractivity contribution in [3.05, 3.63) is 34.6 Å². The fourth-order valence-electron chi connectivity index (χ4n) is 2.32. The maximum Gasteiger partial charge on any atom is 0.306 e. The minimum absolute atomic E-state index is 0.0667. The number of carboxylic acid groups (broad SMARTS) is 1. The minimum atomic E-state index is -0.781. The van der Waals surface area contributed by atoms with Crippen LogP contribution >= 0.6 is 11.6 Å². The van der Waals surface area contributed by atoms with Crippen LogP contribution in [0.4, 0.5) is 4.39 Å². The van der Waals surface area contributed by atoms with Crippen LogP contribution in [0.2, 0.25) is 5.02 Å². The number of benzene rings is 1. The molecule has 1 heterocycles. The molecule has 1 aromatic rings. The molecule has 0 atom stereocenters. The molecule has 0 aromatic heterocycles. The van der Waals surface area contributed by atoms with Crippen molar-refractivity contribution in [3.63, 3.8) is 0 Å². The Balaban J connectivity index is 1.87. The summed E-state index contributed by atoms with van der Waals surface area (Å²) in [5, 5.41) is 11.6. The van der Waals surface area contributed by atoms with Gasteiger partial charge >= 0.3 is 5.97 Å². The summed E-state index contributed by atoms with van der Waals surface area (Å²) in [5.41, 5.74) is -0.167. The Bertz CT molecular complexity index is 525. The first-order valence-electron chi connectivity index (χ1n) is 6.66. The number of nitrogens with one attached hydrogen (secondary N) is 1. The SMILES string of the molecule is O=C(NCN1CCC(C(=O)O)CC1)c1c(F)cccc1Cl. The van der Waals surface area contributed by atoms with E-state index in [2.05, 4.69) is 5.32 Å². The van der Waals surface area contributed by atoms with Crippen LogP contribution in [0.25, 0.3) is 0 Å². The molecule has 0 aliphatic carbocycles. The van der Waals surface area contributed by atoms with Gasteiger partial charge in [-0.05, 0) is 25.0 Å². The van der Waals surface area contributed by atoms with Gasteiger partial charge < -0.3 is 10.4 Å². The van der Waals surface area contributed by atoms with Crippen molar-refractivity contribution in [2.75, 3.05) is 19.8 Å². The number of halogens is 2. The van der Waals surface area contributed by atoms with Crippen molar-refractivity contribution < 1.29 is 19.1 Å². The van der Waals surface area contributed by atoms with Crippen molar-refractivity contribution >= 4 is 23.5 Å². The van der Waals surface area contributed by atoms with Crippen molar-refractivity contribution in [1.29, 1.82) is 0 Å². The van der Waals surface area contributed by atoms with E-state index in [1.165, 1.54) is 18.2 Å². The average Bonchev–Trinajstić information content (AvgIpc) is 2.45. The van der Waals surface area contributed by atoms with Crippen LogP contribution < -0.4 is 5.32 Å². The van der Waals surface area contributed by atoms with E-state index in [1.54, 1.807) is 0 Å². The van der Waals surface area contributed by atoms with Gasteiger partial charge in [-0.25, -0.2) is 4.39 Å². The minimum Gasteiger partial charge on any atom is -0.481 e. The average molecular weight is 315 g/mol. The summed E-state index contributed by atoms with van der Waals surface area (Å²) in [4.78, 5) is 24.7. The summed E-state index contributed by atoms with van der Waals surface area (Å²) in [6, 6.07) is 4.07. The predicted molar refractivity (Wildman–Crippen MR) is 75.7 cm³/mol. The van der Waals surface area contributed by atoms with E-state index in [9.17, 15) is 14.0 Å². The Morgan fingerprint density at radius 1 is 1.38 bits per heavy atom. The molecule has 1 amide bonds. The van der Waals surface area contributed by atoms with Gasteiger partial charge in [0, 0.05) is 13.1 Å². The maximum atomic E-state index is 13.6. The van der Waals surface area contributed by atoms with Crippen molar-refractivity contribution in [1.82, 2.24) is 10.2 Å². The Kier molecular flexibility index (Phi) is 5.14. The molecule has 1 fully saturated rings. The zero-order valence-corrected chi connectivity index (χ0v) is 12.1. The third kappa shape index (κ3) is 3.92. The number of likely N-dealkylation sites (tertiary alicyclic amines) is 1. The monoisotopic (exact) mass is 314 g/mol. The van der Waals surface area contributed by atoms with Crippen LogP contribution in [0.15, 0.2) is 18.2 Å². The molecule has 2 rings (SSSR count). The quantitative estimate of drug-likeness (QED) is 0.891. The summed E-state index contributed by atoms with van der Waals surface area (Å²) in [6.45, 7) is 1.42. The van der Waals surface area contributed by atoms with Gasteiger partial charge in [0.15, 0.2) is 0 Å². The lowest BCUT2D eigenvalue weighted by atomic mass is 9.97. The Morgan fingerprint density at radius 2 is 2.05 bits per heavy atom. The second-order valence-corrected chi connectivity index (χ2v) is 5.40. The first-order valence-corrected chi connectivity index (χ1v) is 7.04. The summed E-state index contributed by atoms with van der Waals surface area (Å²) in [5.74, 6) is -2.34. The van der Waals surface area contributed by atoms with Gasteiger partial charge in [-0.1, -0.05) is 17.7 Å². The number of carboxylic acids is 1. The van der Waals surface area contributed by atoms with E-state index in [-0.39, 0.29) is 23.2 Å². The molecule has 1 aliphatic heterocycles. The van der Waals surface area contributed by atoms with Crippen LogP contribution in [0.5, 0.6) is 0 Å². The lowest BCUT2D eigenvalue weighted by molar-refractivity contribution is -0.143. The van der Waals surface area contributed by atoms with Crippen LogP contribution in [-0.2, 0) is 4.79 Å². The fourth-order valence-corrected chi connectivity index (χ4v) is 2.57. The molecule has 0 radical (unpaired) electrons. The highest BCUT2D eigenvalue weighted by molar-refractivity contribution is 6.33. The normalized spacial score (nSPS) is 16.7. The van der Waals surface area contributed by atoms with Gasteiger partial charge in [-0.3, -0.25) is 14.5 Å². The largest absolute Gasteiger partial charge is 0.481 e. The van der Waals surface area contributed by atoms with Crippen LogP contribution in [0.3, 0.4) is 0 Å². The second kappa shape index (κ2) is 6.87. The first-order chi connectivity index (χ1) is 9.99. The molecule has 0 bridgehead atoms. The summed E-state index contributed by atoms with van der Waals surface area (Å²) < 4.78 is 13.6. The van der Waals surface area contributed by atoms with Gasteiger partial charge in [-0.2, -0.15) is 0 Å². The van der Waals surface area contributed by atoms with Crippen molar-refractivity contribution in [3.8, 4) is 0 Å². The number of nitrogens with zero attached hydrogens (tertiary/aromatic N) is 1. The number of carbonyl (C=O) groups is 2. The van der Waals surface area contributed by atoms with Gasteiger partial charge in [0.2, 0.25) is 0 Å². The Hall–Kier alpha value is -1.66. The Morgan fingerprint density at radius 3 is 2.62 bits per heavy atom. The zero-order valence-electron chi connectivity index (χ0n) is 11.3. The molecule has 0 spiro atoms. The van der Waals surface area contributed by atoms with Crippen LogP contribution in [0, 0.1) is 11.7 Å². The molecule has 1 aromatic carbocycles. The molecule has 0 unspecified atom stereocenters. The molecule has 1 aliphatic rings. The van der Waals surface area contributed by atoms with E-state index in [0.717, 1.165) is 0 Å². The van der Waals surface area contributed by atoms with E-state index in [1.807, 2.05) is 4.90 Å². The van der Waals surface area contributed by atoms with Gasteiger partial charge in [-0.15, -0.1) is 0 Å². The van der Waals surface area contributed by atoms with E-state index in [4.69, 9.17) is 16.7 Å². The number of hydrogen-bond acceptors (Lipinski definition) is 3. The second-order valence-electron chi connectivity index (χ2n) is 4.99. The Labute approximate surface area is 126 Å². The lowest BCUT2D eigenvalue weighted by Gasteiger charge is -2.29. The van der Waals surface area contributed by atoms with Crippen molar-refractivity contribution in [2.45, 2.75) is 12.8 Å². The highest BCUT2D eigenvalue weighted by Crippen LogP contribution is 2.19. The predicted octanol–water partition coefficient (Wildman–Crippen LogP) is 1.96. The van der Waals surface area contributed by atoms with E-state index >= 15 is 0 Å². The highest BCUT2D eigenvalue weighted by atomic mass is 35.5. The fraction of sp³-hybridized carbons (Fsp3) is 0.429. The van der Waals surface area contributed by atoms with Gasteiger partial charge in [0.05, 0.1) is 23.2 Å². The standard InChI is InChI=1S/C14H16ClFN2O3/c15-10-2-1-3-11(16)12(10)13(19)17-8-18-6-4-9(5-7-18)14(20)21/h1-3,9H,4-8H2,(H,17,19)(H,20,21). The molecular weight excluding hydrogens is 299 g/mol. The first kappa shape index (κ1) is 15.7. The van der Waals surface area contributed by atoms with E-state index < -0.39 is 17.7 Å². The molecule has 21 heavy (non-hydrogen) atoms. The number of carbonyl (C=O) groups excluding carboxylic acids is 1. The smallest absolute Gasteiger partial charge is 0.306 e. The molecule has 114 valence electrons. The number of piperidine rings is 1. The summed E-state index contributed by atoms with van der Waals surface area (Å²) >= 11 is 5.82. The maximum absolute atomic E-state index is 13.6. The number of hydrogen-bond donors (Lipinski definition) is 2. The van der Waals surface area contributed by atoms with E-state index in [0.29, 0.717) is 25.9 Å². The lowest BCUT2D eigenvalue weighted by Crippen LogP contribution is -2.43. The molecule has 7 heteroatoms. The zero-order chi connectivity index (χ0) is 15.4. The summed E-state index contributed by atoms with van der Waals surface area (Å²) in [6.07, 6.45) is 1.09. The molecule has 5 nitrogen and oxygen atoms in total. The third-order valence-corrected chi connectivity index (χ3v) is 3.90. The van der Waals surface area contributed by atoms with Gasteiger partial charge in [0.1, 0.15) is 5.82 Å². The topological polar surface area (TPSA) is 69.6 Å². The molecule has 0 saturated carbocycles.